The standard InChI is InChI=1S/C29H20N6S/c1-2-10-22-19(8-1)15-17-33(22)25-13-7-14-26(31-25)34-23-11-3-4-12-24(23)35-28-27(32-29(34)35)20(18-36-28)21-9-5-6-16-30-21/h1-14,16,18H,15,17H2. The molecular formula is C29H20N6S. The monoisotopic (exact) mass is 484 g/mol. The minimum atomic E-state index is 0.861. The van der Waals surface area contributed by atoms with Crippen LogP contribution in [0.2, 0.25) is 0 Å². The van der Waals surface area contributed by atoms with Crippen LogP contribution in [0, 0.1) is 0 Å². The maximum absolute atomic E-state index is 5.17. The first kappa shape index (κ1) is 19.8. The Balaban J connectivity index is 1.36. The predicted molar refractivity (Wildman–Crippen MR) is 146 cm³/mol. The third-order valence-corrected chi connectivity index (χ3v) is 7.93. The number of para-hydroxylation sites is 3. The van der Waals surface area contributed by atoms with Crippen molar-refractivity contribution in [2.24, 2.45) is 0 Å². The zero-order chi connectivity index (χ0) is 23.6. The third-order valence-electron chi connectivity index (χ3n) is 6.98. The summed E-state index contributed by atoms with van der Waals surface area (Å²) in [6.07, 6.45) is 2.86. The van der Waals surface area contributed by atoms with Gasteiger partial charge in [-0.1, -0.05) is 42.5 Å². The van der Waals surface area contributed by atoms with Gasteiger partial charge in [0, 0.05) is 29.4 Å². The van der Waals surface area contributed by atoms with Crippen LogP contribution in [0.25, 0.3) is 44.2 Å². The summed E-state index contributed by atoms with van der Waals surface area (Å²) in [5.74, 6) is 2.68. The Labute approximate surface area is 210 Å². The van der Waals surface area contributed by atoms with E-state index >= 15 is 0 Å². The molecule has 7 aromatic rings. The van der Waals surface area contributed by atoms with Crippen LogP contribution in [0.5, 0.6) is 0 Å². The fourth-order valence-corrected chi connectivity index (χ4v) is 6.37. The van der Waals surface area contributed by atoms with Crippen LogP contribution in [0.3, 0.4) is 0 Å². The Morgan fingerprint density at radius 1 is 0.750 bits per heavy atom. The number of fused-ring (bicyclic) bond motifs is 6. The quantitative estimate of drug-likeness (QED) is 0.282. The average Bonchev–Trinajstić information content (AvgIpc) is 3.68. The minimum Gasteiger partial charge on any atom is -0.326 e. The number of pyridine rings is 2. The molecule has 0 aliphatic carbocycles. The Kier molecular flexibility index (Phi) is 4.12. The molecule has 8 rings (SSSR count). The van der Waals surface area contributed by atoms with Crippen molar-refractivity contribution in [1.82, 2.24) is 23.9 Å². The van der Waals surface area contributed by atoms with Crippen molar-refractivity contribution in [2.75, 3.05) is 11.4 Å². The van der Waals surface area contributed by atoms with Crippen molar-refractivity contribution in [1.29, 1.82) is 0 Å². The molecule has 0 spiro atoms. The smallest absolute Gasteiger partial charge is 0.222 e. The lowest BCUT2D eigenvalue weighted by molar-refractivity contribution is 0.955. The highest BCUT2D eigenvalue weighted by Gasteiger charge is 2.24. The molecule has 0 amide bonds. The molecule has 2 aromatic carbocycles. The highest BCUT2D eigenvalue weighted by molar-refractivity contribution is 7.17. The van der Waals surface area contributed by atoms with E-state index in [0.717, 1.165) is 63.0 Å². The van der Waals surface area contributed by atoms with E-state index in [4.69, 9.17) is 9.97 Å². The Bertz CT molecular complexity index is 1910. The molecule has 0 saturated heterocycles. The number of anilines is 2. The second-order valence-corrected chi connectivity index (χ2v) is 9.83. The molecule has 6 heterocycles. The first-order chi connectivity index (χ1) is 17.9. The number of rotatable bonds is 3. The highest BCUT2D eigenvalue weighted by atomic mass is 32.1. The molecule has 172 valence electrons. The van der Waals surface area contributed by atoms with Gasteiger partial charge in [-0.2, -0.15) is 0 Å². The van der Waals surface area contributed by atoms with Gasteiger partial charge in [-0.05, 0) is 54.4 Å². The number of thiophene rings is 1. The molecule has 0 atom stereocenters. The van der Waals surface area contributed by atoms with Crippen LogP contribution in [-0.4, -0.2) is 30.5 Å². The minimum absolute atomic E-state index is 0.861. The van der Waals surface area contributed by atoms with Gasteiger partial charge >= 0.3 is 0 Å². The molecule has 1 aliphatic heterocycles. The summed E-state index contributed by atoms with van der Waals surface area (Å²) in [7, 11) is 0. The second-order valence-electron chi connectivity index (χ2n) is 8.97. The van der Waals surface area contributed by atoms with E-state index in [2.05, 4.69) is 91.0 Å². The van der Waals surface area contributed by atoms with Gasteiger partial charge in [0.25, 0.3) is 0 Å². The van der Waals surface area contributed by atoms with Gasteiger partial charge in [-0.3, -0.25) is 14.0 Å². The number of nitrogens with zero attached hydrogens (tertiary/aromatic N) is 6. The van der Waals surface area contributed by atoms with Gasteiger partial charge in [-0.15, -0.1) is 11.3 Å². The van der Waals surface area contributed by atoms with E-state index in [1.807, 2.05) is 24.4 Å². The molecule has 0 N–H and O–H groups in total. The predicted octanol–water partition coefficient (Wildman–Crippen LogP) is 6.64. The van der Waals surface area contributed by atoms with Crippen molar-refractivity contribution in [3.63, 3.8) is 0 Å². The normalized spacial score (nSPS) is 13.3. The number of imidazole rings is 2. The van der Waals surface area contributed by atoms with E-state index in [9.17, 15) is 0 Å². The molecule has 0 radical (unpaired) electrons. The van der Waals surface area contributed by atoms with E-state index in [0.29, 0.717) is 0 Å². The Hall–Kier alpha value is -4.49. The van der Waals surface area contributed by atoms with Crippen molar-refractivity contribution in [3.05, 3.63) is 102 Å². The zero-order valence-electron chi connectivity index (χ0n) is 19.2. The molecule has 0 saturated carbocycles. The van der Waals surface area contributed by atoms with Crippen LogP contribution in [0.15, 0.2) is 96.5 Å². The molecule has 5 aromatic heterocycles. The van der Waals surface area contributed by atoms with Gasteiger partial charge in [0.05, 0.1) is 16.7 Å². The Morgan fingerprint density at radius 2 is 1.58 bits per heavy atom. The molecule has 0 unspecified atom stereocenters. The fourth-order valence-electron chi connectivity index (χ4n) is 5.36. The van der Waals surface area contributed by atoms with Crippen LogP contribution in [0.4, 0.5) is 11.5 Å². The number of benzene rings is 2. The molecule has 36 heavy (non-hydrogen) atoms. The van der Waals surface area contributed by atoms with Crippen LogP contribution in [-0.2, 0) is 6.42 Å². The van der Waals surface area contributed by atoms with Gasteiger partial charge in [0.15, 0.2) is 0 Å². The largest absolute Gasteiger partial charge is 0.326 e. The maximum Gasteiger partial charge on any atom is 0.222 e. The summed E-state index contributed by atoms with van der Waals surface area (Å²) >= 11 is 1.70. The third kappa shape index (κ3) is 2.74. The van der Waals surface area contributed by atoms with Gasteiger partial charge in [0.2, 0.25) is 5.78 Å². The summed E-state index contributed by atoms with van der Waals surface area (Å²) < 4.78 is 4.43. The van der Waals surface area contributed by atoms with Crippen molar-refractivity contribution >= 4 is 50.0 Å². The van der Waals surface area contributed by atoms with E-state index in [1.165, 1.54) is 11.3 Å². The first-order valence-electron chi connectivity index (χ1n) is 12.0. The van der Waals surface area contributed by atoms with Crippen LogP contribution < -0.4 is 4.90 Å². The van der Waals surface area contributed by atoms with E-state index < -0.39 is 0 Å². The first-order valence-corrected chi connectivity index (χ1v) is 12.9. The van der Waals surface area contributed by atoms with Gasteiger partial charge < -0.3 is 4.90 Å². The fraction of sp³-hybridized carbons (Fsp3) is 0.0690. The Morgan fingerprint density at radius 3 is 2.50 bits per heavy atom. The molecule has 0 bridgehead atoms. The van der Waals surface area contributed by atoms with Crippen molar-refractivity contribution in [3.8, 4) is 17.1 Å². The molecule has 6 nitrogen and oxygen atoms in total. The summed E-state index contributed by atoms with van der Waals surface area (Å²) in [6.45, 7) is 0.935. The summed E-state index contributed by atoms with van der Waals surface area (Å²) in [5.41, 5.74) is 7.78. The molecular weight excluding hydrogens is 464 g/mol. The number of hydrogen-bond donors (Lipinski definition) is 0. The van der Waals surface area contributed by atoms with Crippen LogP contribution in [0.1, 0.15) is 5.56 Å². The van der Waals surface area contributed by atoms with Crippen molar-refractivity contribution < 1.29 is 0 Å². The maximum atomic E-state index is 5.17. The highest BCUT2D eigenvalue weighted by Crippen LogP contribution is 2.38. The lowest BCUT2D eigenvalue weighted by Gasteiger charge is -2.19. The summed E-state index contributed by atoms with van der Waals surface area (Å²) in [4.78, 5) is 18.3. The zero-order valence-corrected chi connectivity index (χ0v) is 20.1. The summed E-state index contributed by atoms with van der Waals surface area (Å²) in [6, 6.07) is 29.3. The molecule has 1 aliphatic rings. The topological polar surface area (TPSA) is 51.2 Å². The van der Waals surface area contributed by atoms with E-state index in [-0.39, 0.29) is 0 Å². The van der Waals surface area contributed by atoms with Gasteiger partial charge in [0.1, 0.15) is 22.0 Å². The SMILES string of the molecule is c1ccc(-c2csc3c2nc2n(-c4cccc(N5CCc6ccccc65)n4)c4ccccc4n32)nc1. The second kappa shape index (κ2) is 7.50. The summed E-state index contributed by atoms with van der Waals surface area (Å²) in [5, 5.41) is 2.16. The lowest BCUT2D eigenvalue weighted by Crippen LogP contribution is -2.15. The number of aromatic nitrogens is 5. The average molecular weight is 485 g/mol. The van der Waals surface area contributed by atoms with E-state index in [1.54, 1.807) is 11.3 Å². The number of hydrogen-bond acceptors (Lipinski definition) is 5. The van der Waals surface area contributed by atoms with Crippen molar-refractivity contribution in [2.45, 2.75) is 6.42 Å². The molecule has 0 fully saturated rings. The van der Waals surface area contributed by atoms with Crippen LogP contribution >= 0.6 is 11.3 Å². The van der Waals surface area contributed by atoms with Gasteiger partial charge in [-0.25, -0.2) is 9.97 Å². The lowest BCUT2D eigenvalue weighted by atomic mass is 10.2. The molecule has 7 heteroatoms.